The van der Waals surface area contributed by atoms with Crippen molar-refractivity contribution in [1.29, 1.82) is 0 Å². The molecule has 2 atom stereocenters. The number of hydrogen-bond acceptors (Lipinski definition) is 5. The molecule has 2 heterocycles. The van der Waals surface area contributed by atoms with Crippen molar-refractivity contribution in [1.82, 2.24) is 14.8 Å². The summed E-state index contributed by atoms with van der Waals surface area (Å²) in [6.45, 7) is 4.74. The van der Waals surface area contributed by atoms with Gasteiger partial charge < -0.3 is 10.0 Å². The molecular weight excluding hydrogens is 306 g/mol. The monoisotopic (exact) mass is 331 g/mol. The van der Waals surface area contributed by atoms with E-state index in [0.717, 1.165) is 37.3 Å². The van der Waals surface area contributed by atoms with Gasteiger partial charge in [0.15, 0.2) is 0 Å². The topological polar surface area (TPSA) is 39.6 Å². The highest BCUT2D eigenvalue weighted by molar-refractivity contribution is 7.09. The van der Waals surface area contributed by atoms with E-state index in [9.17, 15) is 5.11 Å². The second-order valence-corrected chi connectivity index (χ2v) is 7.56. The number of benzene rings is 1. The van der Waals surface area contributed by atoms with E-state index in [1.807, 2.05) is 35.8 Å². The molecule has 4 nitrogen and oxygen atoms in total. The minimum absolute atomic E-state index is 0.0758. The van der Waals surface area contributed by atoms with Gasteiger partial charge in [0.2, 0.25) is 0 Å². The summed E-state index contributed by atoms with van der Waals surface area (Å²) in [5.41, 5.74) is 3.27. The zero-order valence-electron chi connectivity index (χ0n) is 14.1. The minimum Gasteiger partial charge on any atom is -0.383 e. The maximum absolute atomic E-state index is 11.4. The maximum Gasteiger partial charge on any atom is 0.107 e. The Balaban J connectivity index is 1.80. The fourth-order valence-corrected chi connectivity index (χ4v) is 4.28. The van der Waals surface area contributed by atoms with Crippen LogP contribution < -0.4 is 0 Å². The highest BCUT2D eigenvalue weighted by atomic mass is 32.1. The van der Waals surface area contributed by atoms with E-state index in [2.05, 4.69) is 35.8 Å². The summed E-state index contributed by atoms with van der Waals surface area (Å²) in [7, 11) is 4.11. The van der Waals surface area contributed by atoms with Crippen molar-refractivity contribution >= 4 is 11.3 Å². The average Bonchev–Trinajstić information content (AvgIpc) is 2.95. The van der Waals surface area contributed by atoms with Crippen molar-refractivity contribution in [3.63, 3.8) is 0 Å². The molecule has 5 heteroatoms. The zero-order valence-corrected chi connectivity index (χ0v) is 14.9. The normalized spacial score (nSPS) is 25.9. The first-order chi connectivity index (χ1) is 11.0. The van der Waals surface area contributed by atoms with Crippen LogP contribution in [0, 0.1) is 6.92 Å². The van der Waals surface area contributed by atoms with Gasteiger partial charge in [-0.3, -0.25) is 4.90 Å². The van der Waals surface area contributed by atoms with Gasteiger partial charge in [-0.2, -0.15) is 0 Å². The highest BCUT2D eigenvalue weighted by Gasteiger charge is 2.43. The summed E-state index contributed by atoms with van der Waals surface area (Å²) in [6, 6.07) is 10.2. The minimum atomic E-state index is -0.788. The molecule has 1 fully saturated rings. The fraction of sp³-hybridized carbons (Fsp3) is 0.500. The number of aromatic nitrogens is 1. The molecule has 0 bridgehead atoms. The predicted molar refractivity (Wildman–Crippen MR) is 94.6 cm³/mol. The molecule has 1 N–H and O–H groups in total. The number of rotatable bonds is 4. The number of likely N-dealkylation sites (N-methyl/N-ethyl adjacent to an activating group) is 1. The highest BCUT2D eigenvalue weighted by Crippen LogP contribution is 2.35. The van der Waals surface area contributed by atoms with E-state index < -0.39 is 5.60 Å². The Morgan fingerprint density at radius 3 is 2.70 bits per heavy atom. The van der Waals surface area contributed by atoms with Crippen LogP contribution in [0.15, 0.2) is 35.8 Å². The molecule has 0 amide bonds. The van der Waals surface area contributed by atoms with Gasteiger partial charge in [-0.1, -0.05) is 30.3 Å². The van der Waals surface area contributed by atoms with E-state index in [1.165, 1.54) is 4.88 Å². The van der Waals surface area contributed by atoms with Gasteiger partial charge in [-0.25, -0.2) is 4.98 Å². The van der Waals surface area contributed by atoms with E-state index in [1.54, 1.807) is 11.3 Å². The largest absolute Gasteiger partial charge is 0.383 e. The van der Waals surface area contributed by atoms with Gasteiger partial charge >= 0.3 is 0 Å². The van der Waals surface area contributed by atoms with Gasteiger partial charge in [-0.15, -0.1) is 11.3 Å². The van der Waals surface area contributed by atoms with Crippen LogP contribution in [-0.4, -0.2) is 53.1 Å². The average molecular weight is 331 g/mol. The van der Waals surface area contributed by atoms with Crippen LogP contribution in [0.2, 0.25) is 0 Å². The van der Waals surface area contributed by atoms with Crippen molar-refractivity contribution in [3.8, 4) is 0 Å². The molecule has 3 rings (SSSR count). The first-order valence-electron chi connectivity index (χ1n) is 8.06. The summed E-state index contributed by atoms with van der Waals surface area (Å²) in [5.74, 6) is 0. The van der Waals surface area contributed by atoms with E-state index >= 15 is 0 Å². The molecule has 0 aliphatic carbocycles. The summed E-state index contributed by atoms with van der Waals surface area (Å²) >= 11 is 1.72. The molecule has 1 aromatic carbocycles. The second kappa shape index (κ2) is 6.69. The molecule has 1 saturated heterocycles. The molecule has 0 radical (unpaired) electrons. The van der Waals surface area contributed by atoms with Crippen molar-refractivity contribution in [2.75, 3.05) is 27.2 Å². The summed E-state index contributed by atoms with van der Waals surface area (Å²) in [5, 5.41) is 11.4. The SMILES string of the molecule is Cc1ncsc1CN1CC[C@](O)(c2ccccc2)[C@H](N(C)C)C1. The van der Waals surface area contributed by atoms with Gasteiger partial charge in [0.1, 0.15) is 5.60 Å². The van der Waals surface area contributed by atoms with Crippen molar-refractivity contribution in [2.45, 2.75) is 31.5 Å². The Morgan fingerprint density at radius 2 is 2.09 bits per heavy atom. The van der Waals surface area contributed by atoms with Crippen LogP contribution in [-0.2, 0) is 12.1 Å². The van der Waals surface area contributed by atoms with Crippen LogP contribution in [0.4, 0.5) is 0 Å². The van der Waals surface area contributed by atoms with Crippen molar-refractivity contribution in [3.05, 3.63) is 52.0 Å². The second-order valence-electron chi connectivity index (χ2n) is 6.62. The van der Waals surface area contributed by atoms with Crippen LogP contribution in [0.3, 0.4) is 0 Å². The Labute approximate surface area is 142 Å². The number of thiazole rings is 1. The Bertz CT molecular complexity index is 643. The Kier molecular flexibility index (Phi) is 4.82. The zero-order chi connectivity index (χ0) is 16.4. The quantitative estimate of drug-likeness (QED) is 0.934. The number of nitrogens with zero attached hydrogens (tertiary/aromatic N) is 3. The third-order valence-electron chi connectivity index (χ3n) is 4.90. The molecule has 1 aliphatic rings. The summed E-state index contributed by atoms with van der Waals surface area (Å²) in [4.78, 5) is 10.3. The number of piperidine rings is 1. The van der Waals surface area contributed by atoms with Crippen molar-refractivity contribution in [2.24, 2.45) is 0 Å². The molecule has 2 aromatic rings. The number of aliphatic hydroxyl groups is 1. The fourth-order valence-electron chi connectivity index (χ4n) is 3.46. The first-order valence-corrected chi connectivity index (χ1v) is 8.94. The lowest BCUT2D eigenvalue weighted by molar-refractivity contribution is -0.0891. The number of aryl methyl sites for hydroxylation is 1. The Hall–Kier alpha value is -1.27. The number of likely N-dealkylation sites (tertiary alicyclic amines) is 1. The van der Waals surface area contributed by atoms with E-state index in [-0.39, 0.29) is 6.04 Å². The van der Waals surface area contributed by atoms with Gasteiger partial charge in [0.25, 0.3) is 0 Å². The molecule has 0 spiro atoms. The summed E-state index contributed by atoms with van der Waals surface area (Å²) in [6.07, 6.45) is 0.748. The van der Waals surface area contributed by atoms with Gasteiger partial charge in [0.05, 0.1) is 17.2 Å². The van der Waals surface area contributed by atoms with Crippen LogP contribution in [0.1, 0.15) is 22.6 Å². The molecule has 0 saturated carbocycles. The first kappa shape index (κ1) is 16.6. The number of hydrogen-bond donors (Lipinski definition) is 1. The lowest BCUT2D eigenvalue weighted by Crippen LogP contribution is -2.58. The molecule has 23 heavy (non-hydrogen) atoms. The third kappa shape index (κ3) is 3.33. The molecule has 1 aliphatic heterocycles. The lowest BCUT2D eigenvalue weighted by atomic mass is 9.80. The predicted octanol–water partition coefficient (Wildman–Crippen LogP) is 2.48. The molecule has 1 aromatic heterocycles. The lowest BCUT2D eigenvalue weighted by Gasteiger charge is -2.47. The van der Waals surface area contributed by atoms with Crippen LogP contribution in [0.5, 0.6) is 0 Å². The molecule has 124 valence electrons. The van der Waals surface area contributed by atoms with Crippen molar-refractivity contribution < 1.29 is 5.11 Å². The molecule has 0 unspecified atom stereocenters. The standard InChI is InChI=1S/C18H25N3OS/c1-14-16(23-13-19-14)11-21-10-9-18(22,17(12-21)20(2)3)15-7-5-4-6-8-15/h4-8,13,17,22H,9-12H2,1-3H3/t17-,18+/m1/s1. The van der Waals surface area contributed by atoms with E-state index in [4.69, 9.17) is 0 Å². The third-order valence-corrected chi connectivity index (χ3v) is 5.82. The van der Waals surface area contributed by atoms with Crippen LogP contribution >= 0.6 is 11.3 Å². The Morgan fingerprint density at radius 1 is 1.35 bits per heavy atom. The van der Waals surface area contributed by atoms with Gasteiger partial charge in [-0.05, 0) is 33.0 Å². The van der Waals surface area contributed by atoms with Crippen LogP contribution in [0.25, 0.3) is 0 Å². The maximum atomic E-state index is 11.4. The smallest absolute Gasteiger partial charge is 0.107 e. The van der Waals surface area contributed by atoms with E-state index in [0.29, 0.717) is 0 Å². The molecular formula is C18H25N3OS. The van der Waals surface area contributed by atoms with Gasteiger partial charge in [0, 0.05) is 24.5 Å². The summed E-state index contributed by atoms with van der Waals surface area (Å²) < 4.78 is 0.